The highest BCUT2D eigenvalue weighted by Gasteiger charge is 2.37. The first-order valence-electron chi connectivity index (χ1n) is 5.31. The van der Waals surface area contributed by atoms with E-state index in [2.05, 4.69) is 5.32 Å². The molecule has 0 radical (unpaired) electrons. The molecule has 88 valence electrons. The van der Waals surface area contributed by atoms with Crippen LogP contribution < -0.4 is 5.32 Å². The van der Waals surface area contributed by atoms with Gasteiger partial charge in [0.05, 0.1) is 5.56 Å². The second-order valence-electron chi connectivity index (χ2n) is 4.57. The highest BCUT2D eigenvalue weighted by molar-refractivity contribution is 5.31. The molecule has 1 unspecified atom stereocenters. The van der Waals surface area contributed by atoms with E-state index in [-0.39, 0.29) is 5.54 Å². The number of alkyl halides is 3. The average molecular weight is 229 g/mol. The first-order valence-corrected chi connectivity index (χ1v) is 5.31. The van der Waals surface area contributed by atoms with Crippen molar-refractivity contribution in [2.24, 2.45) is 0 Å². The van der Waals surface area contributed by atoms with Crippen LogP contribution >= 0.6 is 0 Å². The van der Waals surface area contributed by atoms with Crippen molar-refractivity contribution in [3.8, 4) is 0 Å². The molecule has 1 nitrogen and oxygen atoms in total. The van der Waals surface area contributed by atoms with Crippen molar-refractivity contribution in [3.63, 3.8) is 0 Å². The minimum atomic E-state index is -4.25. The van der Waals surface area contributed by atoms with Gasteiger partial charge in [-0.25, -0.2) is 0 Å². The Labute approximate surface area is 92.7 Å². The largest absolute Gasteiger partial charge is 0.416 e. The molecule has 1 aliphatic rings. The van der Waals surface area contributed by atoms with E-state index in [1.54, 1.807) is 12.1 Å². The van der Waals surface area contributed by atoms with E-state index < -0.39 is 11.7 Å². The summed E-state index contributed by atoms with van der Waals surface area (Å²) in [7, 11) is 0. The van der Waals surface area contributed by atoms with Gasteiger partial charge in [0.1, 0.15) is 0 Å². The van der Waals surface area contributed by atoms with E-state index in [0.717, 1.165) is 19.0 Å². The predicted molar refractivity (Wildman–Crippen MR) is 56.2 cm³/mol. The van der Waals surface area contributed by atoms with Crippen LogP contribution in [0, 0.1) is 0 Å². The summed E-state index contributed by atoms with van der Waals surface area (Å²) in [6.07, 6.45) is -2.89. The smallest absolute Gasteiger partial charge is 0.311 e. The normalized spacial score (nSPS) is 25.2. The molecule has 4 heteroatoms. The molecule has 1 aliphatic heterocycles. The summed E-state index contributed by atoms with van der Waals surface area (Å²) >= 11 is 0. The van der Waals surface area contributed by atoms with Gasteiger partial charge in [-0.05, 0) is 37.9 Å². The van der Waals surface area contributed by atoms with Gasteiger partial charge < -0.3 is 5.32 Å². The summed E-state index contributed by atoms with van der Waals surface area (Å²) in [4.78, 5) is 0. The fourth-order valence-corrected chi connectivity index (χ4v) is 2.07. The molecule has 1 aromatic carbocycles. The van der Waals surface area contributed by atoms with Gasteiger partial charge in [-0.1, -0.05) is 18.2 Å². The Morgan fingerprint density at radius 1 is 1.31 bits per heavy atom. The Morgan fingerprint density at radius 2 is 1.94 bits per heavy atom. The summed E-state index contributed by atoms with van der Waals surface area (Å²) < 4.78 is 38.2. The molecule has 1 atom stereocenters. The van der Waals surface area contributed by atoms with Crippen LogP contribution in [0.3, 0.4) is 0 Å². The van der Waals surface area contributed by atoms with E-state index in [4.69, 9.17) is 0 Å². The summed E-state index contributed by atoms with van der Waals surface area (Å²) in [6, 6.07) is 5.81. The molecule has 1 N–H and O–H groups in total. The third-order valence-corrected chi connectivity index (χ3v) is 3.13. The maximum atomic E-state index is 12.7. The molecule has 0 amide bonds. The SMILES string of the molecule is CC1(Cc2ccccc2C(F)(F)F)CCN1. The van der Waals surface area contributed by atoms with Crippen LogP contribution in [0.15, 0.2) is 24.3 Å². The van der Waals surface area contributed by atoms with Crippen LogP contribution in [0.5, 0.6) is 0 Å². The Hall–Kier alpha value is -1.03. The number of benzene rings is 1. The second kappa shape index (κ2) is 3.77. The molecule has 1 heterocycles. The lowest BCUT2D eigenvalue weighted by molar-refractivity contribution is -0.138. The zero-order valence-corrected chi connectivity index (χ0v) is 9.06. The molecular formula is C12H14F3N. The van der Waals surface area contributed by atoms with Gasteiger partial charge in [0, 0.05) is 5.54 Å². The Balaban J connectivity index is 2.26. The zero-order valence-electron chi connectivity index (χ0n) is 9.06. The summed E-state index contributed by atoms with van der Waals surface area (Å²) in [5, 5.41) is 3.18. The van der Waals surface area contributed by atoms with Gasteiger partial charge in [-0.15, -0.1) is 0 Å². The molecule has 0 aromatic heterocycles. The van der Waals surface area contributed by atoms with Crippen LogP contribution in [-0.4, -0.2) is 12.1 Å². The van der Waals surface area contributed by atoms with Crippen molar-refractivity contribution in [1.29, 1.82) is 0 Å². The van der Waals surface area contributed by atoms with Gasteiger partial charge in [-0.3, -0.25) is 0 Å². The number of rotatable bonds is 2. The topological polar surface area (TPSA) is 12.0 Å². The van der Waals surface area contributed by atoms with Crippen LogP contribution in [0.1, 0.15) is 24.5 Å². The van der Waals surface area contributed by atoms with Gasteiger partial charge in [-0.2, -0.15) is 13.2 Å². The lowest BCUT2D eigenvalue weighted by Gasteiger charge is -2.40. The number of hydrogen-bond acceptors (Lipinski definition) is 1. The van der Waals surface area contributed by atoms with Crippen LogP contribution in [0.2, 0.25) is 0 Å². The Bertz CT molecular complexity index is 380. The summed E-state index contributed by atoms with van der Waals surface area (Å²) in [5.41, 5.74) is -0.295. The van der Waals surface area contributed by atoms with Gasteiger partial charge in [0.2, 0.25) is 0 Å². The molecule has 1 aromatic rings. The molecule has 2 rings (SSSR count). The maximum Gasteiger partial charge on any atom is 0.416 e. The minimum Gasteiger partial charge on any atom is -0.311 e. The molecular weight excluding hydrogens is 215 g/mol. The Kier molecular flexibility index (Phi) is 2.70. The van der Waals surface area contributed by atoms with E-state index in [1.807, 2.05) is 6.92 Å². The first kappa shape index (κ1) is 11.5. The predicted octanol–water partition coefficient (Wildman–Crippen LogP) is 3.00. The third kappa shape index (κ3) is 2.21. The highest BCUT2D eigenvalue weighted by Crippen LogP contribution is 2.34. The molecule has 1 fully saturated rings. The monoisotopic (exact) mass is 229 g/mol. The number of nitrogens with one attached hydrogen (secondary N) is 1. The van der Waals surface area contributed by atoms with Crippen molar-refractivity contribution in [2.45, 2.75) is 31.5 Å². The maximum absolute atomic E-state index is 12.7. The molecule has 0 saturated carbocycles. The van der Waals surface area contributed by atoms with Gasteiger partial charge in [0.15, 0.2) is 0 Å². The van der Waals surface area contributed by atoms with Crippen LogP contribution in [0.25, 0.3) is 0 Å². The van der Waals surface area contributed by atoms with Gasteiger partial charge >= 0.3 is 6.18 Å². The molecule has 16 heavy (non-hydrogen) atoms. The zero-order chi connectivity index (χ0) is 11.8. The van der Waals surface area contributed by atoms with Crippen molar-refractivity contribution in [1.82, 2.24) is 5.32 Å². The lowest BCUT2D eigenvalue weighted by atomic mass is 9.82. The number of hydrogen-bond donors (Lipinski definition) is 1. The van der Waals surface area contributed by atoms with Crippen molar-refractivity contribution in [2.75, 3.05) is 6.54 Å². The van der Waals surface area contributed by atoms with Crippen molar-refractivity contribution in [3.05, 3.63) is 35.4 Å². The second-order valence-corrected chi connectivity index (χ2v) is 4.57. The number of halogens is 3. The summed E-state index contributed by atoms with van der Waals surface area (Å²) in [6.45, 7) is 2.86. The average Bonchev–Trinajstić information content (AvgIpc) is 2.14. The third-order valence-electron chi connectivity index (χ3n) is 3.13. The highest BCUT2D eigenvalue weighted by atomic mass is 19.4. The Morgan fingerprint density at radius 3 is 2.44 bits per heavy atom. The molecule has 0 aliphatic carbocycles. The van der Waals surface area contributed by atoms with Crippen molar-refractivity contribution >= 4 is 0 Å². The van der Waals surface area contributed by atoms with Crippen LogP contribution in [-0.2, 0) is 12.6 Å². The fourth-order valence-electron chi connectivity index (χ4n) is 2.07. The first-order chi connectivity index (χ1) is 7.41. The van der Waals surface area contributed by atoms with E-state index in [0.29, 0.717) is 12.0 Å². The van der Waals surface area contributed by atoms with Gasteiger partial charge in [0.25, 0.3) is 0 Å². The van der Waals surface area contributed by atoms with E-state index in [1.165, 1.54) is 6.07 Å². The lowest BCUT2D eigenvalue weighted by Crippen LogP contribution is -2.56. The van der Waals surface area contributed by atoms with E-state index >= 15 is 0 Å². The van der Waals surface area contributed by atoms with Crippen molar-refractivity contribution < 1.29 is 13.2 Å². The summed E-state index contributed by atoms with van der Waals surface area (Å²) in [5.74, 6) is 0. The molecule has 1 saturated heterocycles. The molecule has 0 bridgehead atoms. The van der Waals surface area contributed by atoms with Crippen LogP contribution in [0.4, 0.5) is 13.2 Å². The standard InChI is InChI=1S/C12H14F3N/c1-11(6-7-16-11)8-9-4-2-3-5-10(9)12(13,14)15/h2-5,16H,6-8H2,1H3. The minimum absolute atomic E-state index is 0.165. The fraction of sp³-hybridized carbons (Fsp3) is 0.500. The van der Waals surface area contributed by atoms with E-state index in [9.17, 15) is 13.2 Å². The molecule has 0 spiro atoms. The quantitative estimate of drug-likeness (QED) is 0.822.